The lowest BCUT2D eigenvalue weighted by Gasteiger charge is -2.10. The van der Waals surface area contributed by atoms with Crippen LogP contribution in [0.5, 0.6) is 0 Å². The lowest BCUT2D eigenvalue weighted by Crippen LogP contribution is -2.28. The average Bonchev–Trinajstić information content (AvgIpc) is 3.26. The summed E-state index contributed by atoms with van der Waals surface area (Å²) in [6, 6.07) is 14.0. The highest BCUT2D eigenvalue weighted by atomic mass is 32.2. The number of carbonyl (C=O) groups is 2. The SMILES string of the molecule is O=C(C[C@@H]1SC(=NC2CCCC2)NC1=O)Nc1cccc2ccccc12. The molecule has 2 N–H and O–H groups in total. The summed E-state index contributed by atoms with van der Waals surface area (Å²) in [5.74, 6) is -0.282. The minimum Gasteiger partial charge on any atom is -0.325 e. The normalized spacial score (nSPS) is 22.1. The van der Waals surface area contributed by atoms with Crippen LogP contribution in [-0.4, -0.2) is 28.3 Å². The maximum Gasteiger partial charge on any atom is 0.240 e. The molecule has 1 aliphatic heterocycles. The highest BCUT2D eigenvalue weighted by Gasteiger charge is 2.32. The van der Waals surface area contributed by atoms with Gasteiger partial charge in [0.2, 0.25) is 11.8 Å². The molecule has 0 spiro atoms. The van der Waals surface area contributed by atoms with Crippen LogP contribution in [0, 0.1) is 0 Å². The first-order chi connectivity index (χ1) is 12.7. The summed E-state index contributed by atoms with van der Waals surface area (Å²) in [5.41, 5.74) is 0.774. The number of amidine groups is 1. The van der Waals surface area contributed by atoms with Gasteiger partial charge < -0.3 is 10.6 Å². The highest BCUT2D eigenvalue weighted by molar-refractivity contribution is 8.15. The van der Waals surface area contributed by atoms with E-state index in [1.165, 1.54) is 24.6 Å². The van der Waals surface area contributed by atoms with Crippen LogP contribution in [-0.2, 0) is 9.59 Å². The Balaban J connectivity index is 1.41. The second-order valence-electron chi connectivity index (χ2n) is 6.75. The third-order valence-electron chi connectivity index (χ3n) is 4.84. The second kappa shape index (κ2) is 7.50. The summed E-state index contributed by atoms with van der Waals surface area (Å²) < 4.78 is 0. The number of thioether (sulfide) groups is 1. The van der Waals surface area contributed by atoms with Crippen molar-refractivity contribution in [3.8, 4) is 0 Å². The summed E-state index contributed by atoms with van der Waals surface area (Å²) >= 11 is 1.38. The third-order valence-corrected chi connectivity index (χ3v) is 5.93. The van der Waals surface area contributed by atoms with E-state index < -0.39 is 5.25 Å². The van der Waals surface area contributed by atoms with Crippen molar-refractivity contribution in [2.45, 2.75) is 43.4 Å². The van der Waals surface area contributed by atoms with Crippen LogP contribution in [0.25, 0.3) is 10.8 Å². The van der Waals surface area contributed by atoms with Crippen molar-refractivity contribution in [1.82, 2.24) is 5.32 Å². The van der Waals surface area contributed by atoms with E-state index in [0.29, 0.717) is 11.2 Å². The zero-order valence-corrected chi connectivity index (χ0v) is 15.2. The number of fused-ring (bicyclic) bond motifs is 1. The van der Waals surface area contributed by atoms with Crippen molar-refractivity contribution in [2.24, 2.45) is 4.99 Å². The summed E-state index contributed by atoms with van der Waals surface area (Å²) in [5, 5.41) is 8.10. The zero-order valence-electron chi connectivity index (χ0n) is 14.4. The Morgan fingerprint density at radius 3 is 2.77 bits per heavy atom. The van der Waals surface area contributed by atoms with Gasteiger partial charge in [0.15, 0.2) is 5.17 Å². The number of benzene rings is 2. The van der Waals surface area contributed by atoms with E-state index in [2.05, 4.69) is 15.6 Å². The molecule has 0 unspecified atom stereocenters. The van der Waals surface area contributed by atoms with E-state index in [1.54, 1.807) is 0 Å². The van der Waals surface area contributed by atoms with E-state index in [-0.39, 0.29) is 18.2 Å². The quantitative estimate of drug-likeness (QED) is 0.866. The van der Waals surface area contributed by atoms with Crippen LogP contribution in [0.2, 0.25) is 0 Å². The minimum atomic E-state index is -0.412. The topological polar surface area (TPSA) is 70.6 Å². The van der Waals surface area contributed by atoms with Gasteiger partial charge in [-0.15, -0.1) is 0 Å². The Morgan fingerprint density at radius 1 is 1.15 bits per heavy atom. The van der Waals surface area contributed by atoms with E-state index in [0.717, 1.165) is 29.3 Å². The minimum absolute atomic E-state index is 0.125. The predicted molar refractivity (Wildman–Crippen MR) is 106 cm³/mol. The van der Waals surface area contributed by atoms with Gasteiger partial charge in [-0.3, -0.25) is 14.6 Å². The first kappa shape index (κ1) is 17.1. The molecule has 2 fully saturated rings. The van der Waals surface area contributed by atoms with Crippen LogP contribution >= 0.6 is 11.8 Å². The highest BCUT2D eigenvalue weighted by Crippen LogP contribution is 2.28. The van der Waals surface area contributed by atoms with Crippen molar-refractivity contribution in [2.75, 3.05) is 5.32 Å². The lowest BCUT2D eigenvalue weighted by molar-refractivity contribution is -0.122. The molecule has 4 rings (SSSR count). The van der Waals surface area contributed by atoms with Crippen LogP contribution in [0.15, 0.2) is 47.5 Å². The zero-order chi connectivity index (χ0) is 17.9. The Bertz CT molecular complexity index is 869. The van der Waals surface area contributed by atoms with Crippen molar-refractivity contribution >= 4 is 45.2 Å². The van der Waals surface area contributed by atoms with E-state index in [4.69, 9.17) is 0 Å². The number of anilines is 1. The van der Waals surface area contributed by atoms with Crippen LogP contribution < -0.4 is 10.6 Å². The fourth-order valence-corrected chi connectivity index (χ4v) is 4.54. The molecule has 1 saturated heterocycles. The molecule has 26 heavy (non-hydrogen) atoms. The Labute approximate surface area is 156 Å². The number of carbonyl (C=O) groups excluding carboxylic acids is 2. The van der Waals surface area contributed by atoms with Crippen LogP contribution in [0.3, 0.4) is 0 Å². The maximum atomic E-state index is 12.5. The van der Waals surface area contributed by atoms with E-state index in [9.17, 15) is 9.59 Å². The smallest absolute Gasteiger partial charge is 0.240 e. The molecule has 2 aromatic rings. The van der Waals surface area contributed by atoms with Crippen molar-refractivity contribution in [3.05, 3.63) is 42.5 Å². The number of hydrogen-bond acceptors (Lipinski definition) is 4. The van der Waals surface area contributed by atoms with Gasteiger partial charge >= 0.3 is 0 Å². The number of amides is 2. The summed E-state index contributed by atoms with van der Waals surface area (Å²) in [6.07, 6.45) is 4.73. The molecule has 1 heterocycles. The molecule has 0 bridgehead atoms. The number of nitrogens with zero attached hydrogens (tertiary/aromatic N) is 1. The maximum absolute atomic E-state index is 12.5. The molecular weight excluding hydrogens is 346 g/mol. The first-order valence-electron chi connectivity index (χ1n) is 9.02. The van der Waals surface area contributed by atoms with Gasteiger partial charge in [-0.2, -0.15) is 0 Å². The fourth-order valence-electron chi connectivity index (χ4n) is 3.50. The van der Waals surface area contributed by atoms with Gasteiger partial charge in [-0.1, -0.05) is 61.0 Å². The largest absolute Gasteiger partial charge is 0.325 e. The van der Waals surface area contributed by atoms with Crippen molar-refractivity contribution < 1.29 is 9.59 Å². The number of hydrogen-bond donors (Lipinski definition) is 2. The molecule has 2 aromatic carbocycles. The average molecular weight is 367 g/mol. The molecule has 0 radical (unpaired) electrons. The molecule has 5 nitrogen and oxygen atoms in total. The molecule has 1 aliphatic carbocycles. The Morgan fingerprint density at radius 2 is 1.92 bits per heavy atom. The van der Waals surface area contributed by atoms with Crippen molar-refractivity contribution in [3.63, 3.8) is 0 Å². The molecule has 2 aliphatic rings. The van der Waals surface area contributed by atoms with E-state index >= 15 is 0 Å². The van der Waals surface area contributed by atoms with Crippen LogP contribution in [0.1, 0.15) is 32.1 Å². The summed E-state index contributed by atoms with van der Waals surface area (Å²) in [7, 11) is 0. The molecule has 2 amide bonds. The molecular formula is C20H21N3O2S. The van der Waals surface area contributed by atoms with Crippen molar-refractivity contribution in [1.29, 1.82) is 0 Å². The third kappa shape index (κ3) is 3.75. The molecule has 6 heteroatoms. The molecule has 134 valence electrons. The predicted octanol–water partition coefficient (Wildman–Crippen LogP) is 3.70. The molecule has 0 aromatic heterocycles. The van der Waals surface area contributed by atoms with Crippen LogP contribution in [0.4, 0.5) is 5.69 Å². The Kier molecular flexibility index (Phi) is 4.93. The summed E-state index contributed by atoms with van der Waals surface area (Å²) in [4.78, 5) is 29.3. The van der Waals surface area contributed by atoms with Gasteiger partial charge in [0, 0.05) is 17.5 Å². The number of nitrogens with one attached hydrogen (secondary N) is 2. The first-order valence-corrected chi connectivity index (χ1v) is 9.90. The van der Waals surface area contributed by atoms with E-state index in [1.807, 2.05) is 42.5 Å². The summed E-state index contributed by atoms with van der Waals surface area (Å²) in [6.45, 7) is 0. The lowest BCUT2D eigenvalue weighted by atomic mass is 10.1. The second-order valence-corrected chi connectivity index (χ2v) is 7.94. The Hall–Kier alpha value is -2.34. The fraction of sp³-hybridized carbons (Fsp3) is 0.350. The molecule has 1 atom stereocenters. The molecule has 1 saturated carbocycles. The van der Waals surface area contributed by atoms with Gasteiger partial charge in [0.05, 0.1) is 6.04 Å². The number of aliphatic imine (C=N–C) groups is 1. The van der Waals surface area contributed by atoms with Gasteiger partial charge in [0.25, 0.3) is 0 Å². The standard InChI is InChI=1S/C20H21N3O2S/c24-18(22-16-11-5-7-13-6-1-4-10-15(13)16)12-17-19(25)23-20(26-17)21-14-8-2-3-9-14/h1,4-7,10-11,14,17H,2-3,8-9,12H2,(H,22,24)(H,21,23,25)/t17-/m0/s1. The van der Waals surface area contributed by atoms with Gasteiger partial charge in [0.1, 0.15) is 5.25 Å². The van der Waals surface area contributed by atoms with Gasteiger partial charge in [-0.05, 0) is 24.3 Å². The van der Waals surface area contributed by atoms with Gasteiger partial charge in [-0.25, -0.2) is 0 Å². The monoisotopic (exact) mass is 367 g/mol. The number of rotatable bonds is 4.